The summed E-state index contributed by atoms with van der Waals surface area (Å²) in [7, 11) is 1.88. The van der Waals surface area contributed by atoms with Crippen LogP contribution >= 0.6 is 11.6 Å². The molecule has 0 aliphatic rings. The zero-order valence-corrected chi connectivity index (χ0v) is 25.8. The first kappa shape index (κ1) is 30.5. The van der Waals surface area contributed by atoms with Crippen LogP contribution in [0.1, 0.15) is 47.1 Å². The SMILES string of the molecule is Cc1cnn(C)c1-c1ccc(NC(=O)[C@H](Cc2cc(-c3ccc(=O)n(C(C)C)c3)ccc2Cl)NC(=O)c2conc2C)cc1. The second-order valence-corrected chi connectivity index (χ2v) is 11.4. The molecule has 3 heterocycles. The lowest BCUT2D eigenvalue weighted by molar-refractivity contribution is -0.118. The molecule has 2 amide bonds. The molecule has 2 N–H and O–H groups in total. The van der Waals surface area contributed by atoms with Gasteiger partial charge in [-0.05, 0) is 80.3 Å². The number of carbonyl (C=O) groups excluding carboxylic acids is 2. The summed E-state index contributed by atoms with van der Waals surface area (Å²) in [5.41, 5.74) is 6.38. The predicted molar refractivity (Wildman–Crippen MR) is 170 cm³/mol. The number of hydrogen-bond acceptors (Lipinski definition) is 6. The molecule has 11 heteroatoms. The molecule has 5 rings (SSSR count). The fraction of sp³-hybridized carbons (Fsp3) is 0.242. The Morgan fingerprint density at radius 2 is 1.70 bits per heavy atom. The van der Waals surface area contributed by atoms with E-state index in [-0.39, 0.29) is 23.6 Å². The number of pyridine rings is 1. The van der Waals surface area contributed by atoms with Crippen molar-refractivity contribution in [3.63, 3.8) is 0 Å². The van der Waals surface area contributed by atoms with E-state index in [2.05, 4.69) is 20.9 Å². The Morgan fingerprint density at radius 3 is 2.34 bits per heavy atom. The number of benzene rings is 2. The van der Waals surface area contributed by atoms with Gasteiger partial charge in [0.05, 0.1) is 17.6 Å². The summed E-state index contributed by atoms with van der Waals surface area (Å²) in [6, 6.07) is 15.2. The smallest absolute Gasteiger partial charge is 0.257 e. The second-order valence-electron chi connectivity index (χ2n) is 11.0. The van der Waals surface area contributed by atoms with Crippen molar-refractivity contribution in [1.29, 1.82) is 0 Å². The number of aryl methyl sites for hydroxylation is 3. The van der Waals surface area contributed by atoms with Gasteiger partial charge in [0, 0.05) is 48.0 Å². The minimum Gasteiger partial charge on any atom is -0.364 e. The Bertz CT molecular complexity index is 1870. The van der Waals surface area contributed by atoms with E-state index < -0.39 is 17.9 Å². The first-order chi connectivity index (χ1) is 21.0. The van der Waals surface area contributed by atoms with Crippen LogP contribution in [0.3, 0.4) is 0 Å². The number of carbonyl (C=O) groups is 2. The minimum absolute atomic E-state index is 0.0133. The van der Waals surface area contributed by atoms with Gasteiger partial charge < -0.3 is 19.7 Å². The van der Waals surface area contributed by atoms with Crippen molar-refractivity contribution in [2.24, 2.45) is 7.05 Å². The van der Waals surface area contributed by atoms with Crippen LogP contribution in [-0.4, -0.2) is 37.4 Å². The highest BCUT2D eigenvalue weighted by atomic mass is 35.5. The molecule has 0 spiro atoms. The maximum Gasteiger partial charge on any atom is 0.257 e. The summed E-state index contributed by atoms with van der Waals surface area (Å²) in [4.78, 5) is 39.2. The fourth-order valence-corrected chi connectivity index (χ4v) is 5.26. The maximum absolute atomic E-state index is 13.7. The normalized spacial score (nSPS) is 11.9. The van der Waals surface area contributed by atoms with Crippen LogP contribution in [0.25, 0.3) is 22.4 Å². The average Bonchev–Trinajstić information content (AvgIpc) is 3.58. The third-order valence-electron chi connectivity index (χ3n) is 7.46. The molecule has 0 aliphatic heterocycles. The number of anilines is 1. The molecule has 3 aromatic heterocycles. The monoisotopic (exact) mass is 612 g/mol. The summed E-state index contributed by atoms with van der Waals surface area (Å²) in [5, 5.41) is 14.3. The molecule has 44 heavy (non-hydrogen) atoms. The molecular formula is C33H33ClN6O4. The molecule has 0 saturated carbocycles. The van der Waals surface area contributed by atoms with Crippen molar-refractivity contribution >= 4 is 29.1 Å². The van der Waals surface area contributed by atoms with Gasteiger partial charge in [-0.25, -0.2) is 0 Å². The van der Waals surface area contributed by atoms with Crippen molar-refractivity contribution in [2.45, 2.75) is 46.2 Å². The molecule has 10 nitrogen and oxygen atoms in total. The van der Waals surface area contributed by atoms with E-state index in [1.165, 1.54) is 12.3 Å². The van der Waals surface area contributed by atoms with Crippen LogP contribution in [-0.2, 0) is 18.3 Å². The summed E-state index contributed by atoms with van der Waals surface area (Å²) in [6.07, 6.45) is 4.95. The quantitative estimate of drug-likeness (QED) is 0.219. The number of nitrogens with one attached hydrogen (secondary N) is 2. The predicted octanol–water partition coefficient (Wildman–Crippen LogP) is 5.73. The van der Waals surface area contributed by atoms with Gasteiger partial charge in [0.2, 0.25) is 5.91 Å². The van der Waals surface area contributed by atoms with Gasteiger partial charge in [-0.2, -0.15) is 5.10 Å². The number of rotatable bonds is 9. The third-order valence-corrected chi connectivity index (χ3v) is 7.83. The van der Waals surface area contributed by atoms with E-state index in [0.29, 0.717) is 22.0 Å². The molecule has 0 aliphatic carbocycles. The van der Waals surface area contributed by atoms with Crippen LogP contribution in [0.4, 0.5) is 5.69 Å². The maximum atomic E-state index is 13.7. The largest absolute Gasteiger partial charge is 0.364 e. The van der Waals surface area contributed by atoms with E-state index >= 15 is 0 Å². The highest BCUT2D eigenvalue weighted by Crippen LogP contribution is 2.27. The van der Waals surface area contributed by atoms with Crippen molar-refractivity contribution in [1.82, 2.24) is 24.8 Å². The lowest BCUT2D eigenvalue weighted by Gasteiger charge is -2.20. The van der Waals surface area contributed by atoms with E-state index in [4.69, 9.17) is 16.1 Å². The Balaban J connectivity index is 1.43. The number of hydrogen-bond donors (Lipinski definition) is 2. The van der Waals surface area contributed by atoms with E-state index in [1.54, 1.807) is 52.8 Å². The van der Waals surface area contributed by atoms with Crippen LogP contribution < -0.4 is 16.2 Å². The minimum atomic E-state index is -0.992. The third kappa shape index (κ3) is 6.50. The highest BCUT2D eigenvalue weighted by molar-refractivity contribution is 6.31. The van der Waals surface area contributed by atoms with Crippen molar-refractivity contribution in [3.05, 3.63) is 111 Å². The highest BCUT2D eigenvalue weighted by Gasteiger charge is 2.25. The molecule has 2 aromatic carbocycles. The molecule has 0 saturated heterocycles. The number of nitrogens with zero attached hydrogens (tertiary/aromatic N) is 4. The van der Waals surface area contributed by atoms with Crippen LogP contribution in [0, 0.1) is 13.8 Å². The Hall–Kier alpha value is -4.96. The second kappa shape index (κ2) is 12.7. The summed E-state index contributed by atoms with van der Waals surface area (Å²) in [5.74, 6) is -0.922. The summed E-state index contributed by atoms with van der Waals surface area (Å²) in [6.45, 7) is 7.52. The first-order valence-corrected chi connectivity index (χ1v) is 14.5. The Morgan fingerprint density at radius 1 is 1.00 bits per heavy atom. The zero-order valence-electron chi connectivity index (χ0n) is 25.1. The average molecular weight is 613 g/mol. The van der Waals surface area contributed by atoms with Gasteiger partial charge >= 0.3 is 0 Å². The number of halogens is 1. The van der Waals surface area contributed by atoms with Crippen LogP contribution in [0.2, 0.25) is 5.02 Å². The lowest BCUT2D eigenvalue weighted by atomic mass is 9.99. The van der Waals surface area contributed by atoms with Crippen LogP contribution in [0.15, 0.2) is 82.6 Å². The lowest BCUT2D eigenvalue weighted by Crippen LogP contribution is -2.45. The molecule has 0 bridgehead atoms. The summed E-state index contributed by atoms with van der Waals surface area (Å²) >= 11 is 6.62. The topological polar surface area (TPSA) is 124 Å². The van der Waals surface area contributed by atoms with Crippen molar-refractivity contribution < 1.29 is 14.1 Å². The van der Waals surface area contributed by atoms with Gasteiger partial charge in [0.1, 0.15) is 17.9 Å². The van der Waals surface area contributed by atoms with Gasteiger partial charge in [0.15, 0.2) is 0 Å². The molecule has 1 atom stereocenters. The van der Waals surface area contributed by atoms with Gasteiger partial charge in [-0.1, -0.05) is 35.0 Å². The van der Waals surface area contributed by atoms with Crippen molar-refractivity contribution in [2.75, 3.05) is 5.32 Å². The Kier molecular flexibility index (Phi) is 8.82. The van der Waals surface area contributed by atoms with E-state index in [0.717, 1.165) is 27.9 Å². The van der Waals surface area contributed by atoms with Crippen molar-refractivity contribution in [3.8, 4) is 22.4 Å². The molecule has 0 fully saturated rings. The first-order valence-electron chi connectivity index (χ1n) is 14.1. The number of aromatic nitrogens is 4. The Labute approximate surface area is 259 Å². The molecule has 226 valence electrons. The van der Waals surface area contributed by atoms with E-state index in [1.807, 2.05) is 52.1 Å². The molecular weight excluding hydrogens is 580 g/mol. The zero-order chi connectivity index (χ0) is 31.5. The van der Waals surface area contributed by atoms with Gasteiger partial charge in [-0.3, -0.25) is 19.1 Å². The standard InChI is InChI=1S/C33H33ClN6O4/c1-19(2)40-17-24(9-13-30(40)41)23-8-12-28(34)25(14-23)15-29(37-32(42)27-18-44-38-21(27)4)33(43)36-26-10-6-22(7-11-26)31-20(3)16-35-39(31)5/h6-14,16-19,29H,15H2,1-5H3,(H,36,43)(H,37,42)/t29-/m0/s1. The fourth-order valence-electron chi connectivity index (χ4n) is 5.07. The van der Waals surface area contributed by atoms with Gasteiger partial charge in [-0.15, -0.1) is 0 Å². The van der Waals surface area contributed by atoms with Gasteiger partial charge in [0.25, 0.3) is 11.5 Å². The van der Waals surface area contributed by atoms with E-state index in [9.17, 15) is 14.4 Å². The summed E-state index contributed by atoms with van der Waals surface area (Å²) < 4.78 is 8.39. The molecule has 5 aromatic rings. The van der Waals surface area contributed by atoms with Crippen LogP contribution in [0.5, 0.6) is 0 Å². The number of amides is 2. The molecule has 0 unspecified atom stereocenters. The molecule has 0 radical (unpaired) electrons.